The van der Waals surface area contributed by atoms with Crippen LogP contribution in [-0.4, -0.2) is 24.0 Å². The van der Waals surface area contributed by atoms with E-state index in [1.165, 1.54) is 0 Å². The Kier molecular flexibility index (Phi) is 4.69. The van der Waals surface area contributed by atoms with Gasteiger partial charge in [-0.15, -0.1) is 0 Å². The predicted octanol–water partition coefficient (Wildman–Crippen LogP) is 4.08. The fraction of sp³-hybridized carbons (Fsp3) is 0. The van der Waals surface area contributed by atoms with Gasteiger partial charge in [0.15, 0.2) is 0 Å². The van der Waals surface area contributed by atoms with Crippen molar-refractivity contribution < 1.29 is 5.11 Å². The van der Waals surface area contributed by atoms with Crippen molar-refractivity contribution in [1.82, 2.24) is 0 Å². The van der Waals surface area contributed by atoms with E-state index in [1.807, 2.05) is 60.7 Å². The molecule has 94 valence electrons. The Morgan fingerprint density at radius 3 is 1.70 bits per heavy atom. The second-order valence-corrected chi connectivity index (χ2v) is 4.43. The average molecular weight is 254 g/mol. The zero-order chi connectivity index (χ0) is 13.1. The van der Waals surface area contributed by atoms with E-state index in [0.29, 0.717) is 5.75 Å². The predicted molar refractivity (Wildman–Crippen MR) is 86.1 cm³/mol. The molecule has 0 saturated heterocycles. The van der Waals surface area contributed by atoms with Gasteiger partial charge in [-0.2, -0.15) is 0 Å². The third-order valence-corrected chi connectivity index (χ3v) is 3.19. The van der Waals surface area contributed by atoms with E-state index in [0.717, 1.165) is 22.3 Å². The zero-order valence-corrected chi connectivity index (χ0v) is 10.5. The van der Waals surface area contributed by atoms with Crippen LogP contribution in [0.2, 0.25) is 0 Å². The minimum absolute atomic E-state index is 0. The summed E-state index contributed by atoms with van der Waals surface area (Å²) in [6.45, 7) is 0. The summed E-state index contributed by atoms with van der Waals surface area (Å²) in [6.07, 6.45) is 0. The summed E-state index contributed by atoms with van der Waals surface area (Å²) in [4.78, 5) is 0. The number of phenols is 1. The van der Waals surface area contributed by atoms with Gasteiger partial charge < -0.3 is 5.11 Å². The first-order valence-electron chi connectivity index (χ1n) is 6.29. The van der Waals surface area contributed by atoms with E-state index < -0.39 is 0 Å². The molecule has 20 heavy (non-hydrogen) atoms. The van der Waals surface area contributed by atoms with Crippen LogP contribution in [0.1, 0.15) is 0 Å². The molecule has 3 rings (SSSR count). The topological polar surface area (TPSA) is 20.2 Å². The summed E-state index contributed by atoms with van der Waals surface area (Å²) in [6, 6.07) is 25.7. The van der Waals surface area contributed by atoms with Crippen LogP contribution < -0.4 is 0 Å². The van der Waals surface area contributed by atoms with Gasteiger partial charge in [-0.1, -0.05) is 72.8 Å². The molecule has 1 nitrogen and oxygen atoms in total. The van der Waals surface area contributed by atoms with Gasteiger partial charge in [0.25, 0.3) is 0 Å². The first-order chi connectivity index (χ1) is 9.36. The van der Waals surface area contributed by atoms with Gasteiger partial charge in [-0.25, -0.2) is 0 Å². The van der Waals surface area contributed by atoms with Crippen LogP contribution in [-0.2, 0) is 0 Å². The summed E-state index contributed by atoms with van der Waals surface area (Å²) in [5, 5.41) is 10.2. The van der Waals surface area contributed by atoms with Crippen molar-refractivity contribution in [1.29, 1.82) is 0 Å². The maximum absolute atomic E-state index is 10.2. The summed E-state index contributed by atoms with van der Waals surface area (Å²) >= 11 is 0. The molecule has 0 aromatic heterocycles. The van der Waals surface area contributed by atoms with Crippen molar-refractivity contribution in [2.75, 3.05) is 0 Å². The Labute approximate surface area is 131 Å². The molecule has 1 N–H and O–H groups in total. The molecule has 0 aliphatic carbocycles. The van der Waals surface area contributed by atoms with Gasteiger partial charge in [0.2, 0.25) is 0 Å². The van der Waals surface area contributed by atoms with Gasteiger partial charge in [-0.05, 0) is 22.8 Å². The Bertz CT molecular complexity index is 678. The van der Waals surface area contributed by atoms with Crippen LogP contribution in [0.25, 0.3) is 22.3 Å². The Hall–Kier alpha value is -1.94. The molecule has 0 heterocycles. The molecule has 2 heteroatoms. The number of hydrogen-bond acceptors (Lipinski definition) is 1. The van der Waals surface area contributed by atoms with Crippen LogP contribution in [0.4, 0.5) is 0 Å². The second kappa shape index (κ2) is 6.48. The van der Waals surface area contributed by atoms with Crippen LogP contribution in [0.3, 0.4) is 0 Å². The fourth-order valence-electron chi connectivity index (χ4n) is 2.31. The molecular formula is C18H15LiO. The van der Waals surface area contributed by atoms with Crippen LogP contribution >= 0.6 is 0 Å². The number of hydrogen-bond donors (Lipinski definition) is 1. The van der Waals surface area contributed by atoms with Gasteiger partial charge in [-0.3, -0.25) is 0 Å². The van der Waals surface area contributed by atoms with E-state index in [9.17, 15) is 5.11 Å². The molecule has 0 radical (unpaired) electrons. The van der Waals surface area contributed by atoms with Gasteiger partial charge in [0, 0.05) is 5.56 Å². The number of rotatable bonds is 2. The molecule has 0 aliphatic heterocycles. The van der Waals surface area contributed by atoms with Crippen molar-refractivity contribution in [3.05, 3.63) is 78.9 Å². The number of phenolic OH excluding ortho intramolecular Hbond substituents is 1. The fourth-order valence-corrected chi connectivity index (χ4v) is 2.31. The molecule has 0 bridgehead atoms. The average Bonchev–Trinajstić information content (AvgIpc) is 2.49. The molecule has 0 atom stereocenters. The van der Waals surface area contributed by atoms with Crippen molar-refractivity contribution in [3.8, 4) is 28.0 Å². The van der Waals surface area contributed by atoms with Gasteiger partial charge in [0.05, 0.1) is 0 Å². The van der Waals surface area contributed by atoms with Gasteiger partial charge in [0.1, 0.15) is 5.75 Å². The molecule has 0 fully saturated rings. The SMILES string of the molecule is Oc1cccc(-c2ccccc2)c1-c1ccccc1.[LiH]. The summed E-state index contributed by atoms with van der Waals surface area (Å²) in [7, 11) is 0. The third-order valence-electron chi connectivity index (χ3n) is 3.19. The Morgan fingerprint density at radius 1 is 0.550 bits per heavy atom. The second-order valence-electron chi connectivity index (χ2n) is 4.43. The van der Waals surface area contributed by atoms with Crippen LogP contribution in [0, 0.1) is 0 Å². The van der Waals surface area contributed by atoms with Crippen molar-refractivity contribution in [2.45, 2.75) is 0 Å². The number of aromatic hydroxyl groups is 1. The maximum atomic E-state index is 10.2. The normalized spacial score (nSPS) is 9.80. The minimum atomic E-state index is 0. The zero-order valence-electron chi connectivity index (χ0n) is 10.5. The first-order valence-corrected chi connectivity index (χ1v) is 6.29. The van der Waals surface area contributed by atoms with Crippen molar-refractivity contribution >= 4 is 18.9 Å². The Balaban J connectivity index is 0.00000147. The molecule has 0 unspecified atom stereocenters. The van der Waals surface area contributed by atoms with Gasteiger partial charge >= 0.3 is 18.9 Å². The molecule has 0 aliphatic rings. The summed E-state index contributed by atoms with van der Waals surface area (Å²) in [5.74, 6) is 0.313. The van der Waals surface area contributed by atoms with E-state index in [4.69, 9.17) is 0 Å². The van der Waals surface area contributed by atoms with E-state index >= 15 is 0 Å². The third kappa shape index (κ3) is 2.80. The molecular weight excluding hydrogens is 239 g/mol. The number of benzene rings is 3. The van der Waals surface area contributed by atoms with E-state index in [2.05, 4.69) is 12.1 Å². The van der Waals surface area contributed by atoms with E-state index in [1.54, 1.807) is 6.07 Å². The molecule has 0 amide bonds. The molecule has 0 saturated carbocycles. The standard InChI is InChI=1S/C18H14O.Li.H/c19-17-13-7-12-16(14-8-3-1-4-9-14)18(17)15-10-5-2-6-11-15;;/h1-13,19H;;. The summed E-state index contributed by atoms with van der Waals surface area (Å²) < 4.78 is 0. The van der Waals surface area contributed by atoms with Crippen LogP contribution in [0.15, 0.2) is 78.9 Å². The Morgan fingerprint density at radius 2 is 1.10 bits per heavy atom. The van der Waals surface area contributed by atoms with Crippen molar-refractivity contribution in [3.63, 3.8) is 0 Å². The molecule has 3 aromatic carbocycles. The molecule has 3 aromatic rings. The summed E-state index contributed by atoms with van der Waals surface area (Å²) in [5.41, 5.74) is 4.07. The molecule has 0 spiro atoms. The quantitative estimate of drug-likeness (QED) is 0.683. The van der Waals surface area contributed by atoms with Crippen molar-refractivity contribution in [2.24, 2.45) is 0 Å². The first kappa shape index (κ1) is 14.5. The van der Waals surface area contributed by atoms with E-state index in [-0.39, 0.29) is 18.9 Å². The monoisotopic (exact) mass is 254 g/mol. The van der Waals surface area contributed by atoms with Crippen LogP contribution in [0.5, 0.6) is 5.75 Å².